The molecule has 0 spiro atoms. The van der Waals surface area contributed by atoms with Crippen molar-refractivity contribution in [3.05, 3.63) is 120 Å². The number of hydrogen-bond donors (Lipinski definition) is 1. The Morgan fingerprint density at radius 3 is 2.38 bits per heavy atom. The van der Waals surface area contributed by atoms with Crippen LogP contribution in [-0.4, -0.2) is 19.7 Å². The lowest BCUT2D eigenvalue weighted by Gasteiger charge is -2.11. The number of aryl methyl sites for hydroxylation is 1. The molecule has 0 bridgehead atoms. The number of fused-ring (bicyclic) bond motifs is 3. The van der Waals surface area contributed by atoms with Gasteiger partial charge in [-0.05, 0) is 36.2 Å². The number of aromatic nitrogens is 4. The van der Waals surface area contributed by atoms with Crippen LogP contribution >= 0.6 is 11.8 Å². The monoisotopic (exact) mass is 460 g/mol. The highest BCUT2D eigenvalue weighted by atomic mass is 32.2. The van der Waals surface area contributed by atoms with E-state index in [2.05, 4.69) is 118 Å². The van der Waals surface area contributed by atoms with Crippen molar-refractivity contribution in [3.8, 4) is 5.69 Å². The normalized spacial score (nSPS) is 11.4. The van der Waals surface area contributed by atoms with Crippen molar-refractivity contribution >= 4 is 33.6 Å². The first-order valence-corrected chi connectivity index (χ1v) is 12.4. The first kappa shape index (κ1) is 20.8. The summed E-state index contributed by atoms with van der Waals surface area (Å²) in [6.07, 6.45) is 0.692. The van der Waals surface area contributed by atoms with Crippen LogP contribution < -0.4 is 0 Å². The lowest BCUT2D eigenvalue weighted by atomic mass is 10.1. The molecular formula is C29H24N4S. The number of nitrogens with zero attached hydrogens (tertiary/aromatic N) is 3. The van der Waals surface area contributed by atoms with Gasteiger partial charge in [-0.3, -0.25) is 4.57 Å². The fourth-order valence-corrected chi connectivity index (χ4v) is 5.36. The third kappa shape index (κ3) is 3.88. The van der Waals surface area contributed by atoms with Gasteiger partial charge in [-0.2, -0.15) is 0 Å². The zero-order valence-electron chi connectivity index (χ0n) is 18.9. The lowest BCUT2D eigenvalue weighted by molar-refractivity contribution is 0.849. The van der Waals surface area contributed by atoms with E-state index in [0.717, 1.165) is 27.9 Å². The van der Waals surface area contributed by atoms with Crippen LogP contribution in [0, 0.1) is 6.92 Å². The molecule has 5 heteroatoms. The molecule has 0 fully saturated rings. The summed E-state index contributed by atoms with van der Waals surface area (Å²) in [7, 11) is 0. The van der Waals surface area contributed by atoms with E-state index >= 15 is 0 Å². The molecule has 166 valence electrons. The standard InChI is InChI=1S/C29H24N4S/c1-20-14-16-21(17-15-20)19-34-29-32-31-27(33(29)23-9-3-2-4-10-23)18-22-8-7-12-25-24-11-5-6-13-26(24)30-28(22)25/h2-17,30H,18-19H2,1H3. The zero-order chi connectivity index (χ0) is 22.9. The number of aromatic amines is 1. The van der Waals surface area contributed by atoms with E-state index in [9.17, 15) is 0 Å². The van der Waals surface area contributed by atoms with Gasteiger partial charge in [0.25, 0.3) is 0 Å². The predicted molar refractivity (Wildman–Crippen MR) is 141 cm³/mol. The van der Waals surface area contributed by atoms with E-state index in [1.54, 1.807) is 11.8 Å². The summed E-state index contributed by atoms with van der Waals surface area (Å²) in [5.41, 5.74) is 7.17. The van der Waals surface area contributed by atoms with Crippen LogP contribution in [0.1, 0.15) is 22.5 Å². The first-order valence-electron chi connectivity index (χ1n) is 11.4. The van der Waals surface area contributed by atoms with E-state index in [1.165, 1.54) is 33.0 Å². The van der Waals surface area contributed by atoms with Crippen LogP contribution in [-0.2, 0) is 12.2 Å². The fraction of sp³-hybridized carbons (Fsp3) is 0.103. The molecule has 0 aliphatic carbocycles. The maximum Gasteiger partial charge on any atom is 0.196 e. The fourth-order valence-electron chi connectivity index (χ4n) is 4.43. The van der Waals surface area contributed by atoms with Gasteiger partial charge in [0.2, 0.25) is 0 Å². The van der Waals surface area contributed by atoms with Crippen LogP contribution in [0.4, 0.5) is 0 Å². The molecule has 2 heterocycles. The Balaban J connectivity index is 1.39. The predicted octanol–water partition coefficient (Wildman–Crippen LogP) is 7.09. The highest BCUT2D eigenvalue weighted by Gasteiger charge is 2.17. The topological polar surface area (TPSA) is 46.5 Å². The molecule has 0 unspecified atom stereocenters. The second kappa shape index (κ2) is 8.84. The third-order valence-corrected chi connectivity index (χ3v) is 7.18. The Morgan fingerprint density at radius 2 is 1.53 bits per heavy atom. The average molecular weight is 461 g/mol. The molecule has 0 radical (unpaired) electrons. The summed E-state index contributed by atoms with van der Waals surface area (Å²) >= 11 is 1.72. The molecule has 4 nitrogen and oxygen atoms in total. The smallest absolute Gasteiger partial charge is 0.196 e. The minimum atomic E-state index is 0.692. The summed E-state index contributed by atoms with van der Waals surface area (Å²) in [6.45, 7) is 2.11. The van der Waals surface area contributed by atoms with Gasteiger partial charge < -0.3 is 4.98 Å². The minimum absolute atomic E-state index is 0.692. The summed E-state index contributed by atoms with van der Waals surface area (Å²) in [5, 5.41) is 12.7. The minimum Gasteiger partial charge on any atom is -0.354 e. The van der Waals surface area contributed by atoms with Gasteiger partial charge in [0.15, 0.2) is 5.16 Å². The first-order chi connectivity index (χ1) is 16.8. The second-order valence-electron chi connectivity index (χ2n) is 8.53. The Hall–Kier alpha value is -3.83. The summed E-state index contributed by atoms with van der Waals surface area (Å²) in [6, 6.07) is 34.0. The molecule has 2 aromatic heterocycles. The van der Waals surface area contributed by atoms with Crippen molar-refractivity contribution in [1.82, 2.24) is 19.7 Å². The van der Waals surface area contributed by atoms with Crippen molar-refractivity contribution < 1.29 is 0 Å². The van der Waals surface area contributed by atoms with Crippen molar-refractivity contribution in [1.29, 1.82) is 0 Å². The maximum atomic E-state index is 4.65. The molecule has 4 aromatic carbocycles. The van der Waals surface area contributed by atoms with E-state index in [-0.39, 0.29) is 0 Å². The summed E-state index contributed by atoms with van der Waals surface area (Å²) < 4.78 is 2.19. The van der Waals surface area contributed by atoms with Gasteiger partial charge >= 0.3 is 0 Å². The maximum absolute atomic E-state index is 4.65. The largest absolute Gasteiger partial charge is 0.354 e. The Kier molecular flexibility index (Phi) is 5.40. The molecule has 6 rings (SSSR count). The molecule has 1 N–H and O–H groups in total. The van der Waals surface area contributed by atoms with E-state index in [0.29, 0.717) is 6.42 Å². The molecule has 0 aliphatic heterocycles. The van der Waals surface area contributed by atoms with Gasteiger partial charge in [-0.25, -0.2) is 0 Å². The van der Waals surface area contributed by atoms with Crippen LogP contribution in [0.15, 0.2) is 102 Å². The van der Waals surface area contributed by atoms with Gasteiger partial charge in [0.1, 0.15) is 5.82 Å². The van der Waals surface area contributed by atoms with Crippen molar-refractivity contribution in [3.63, 3.8) is 0 Å². The van der Waals surface area contributed by atoms with Crippen molar-refractivity contribution in [2.45, 2.75) is 24.3 Å². The molecule has 34 heavy (non-hydrogen) atoms. The van der Waals surface area contributed by atoms with Gasteiger partial charge in [0.05, 0.1) is 5.52 Å². The highest BCUT2D eigenvalue weighted by molar-refractivity contribution is 7.98. The van der Waals surface area contributed by atoms with Crippen LogP contribution in [0.5, 0.6) is 0 Å². The van der Waals surface area contributed by atoms with E-state index in [1.807, 2.05) is 6.07 Å². The molecule has 0 amide bonds. The van der Waals surface area contributed by atoms with Gasteiger partial charge in [0, 0.05) is 34.2 Å². The Bertz CT molecular complexity index is 1580. The summed E-state index contributed by atoms with van der Waals surface area (Å²) in [5.74, 6) is 1.78. The highest BCUT2D eigenvalue weighted by Crippen LogP contribution is 2.30. The number of hydrogen-bond acceptors (Lipinski definition) is 3. The van der Waals surface area contributed by atoms with Crippen molar-refractivity contribution in [2.24, 2.45) is 0 Å². The third-order valence-electron chi connectivity index (χ3n) is 6.18. The number of nitrogens with one attached hydrogen (secondary N) is 1. The summed E-state index contributed by atoms with van der Waals surface area (Å²) in [4.78, 5) is 3.62. The Labute approximate surface area is 202 Å². The SMILES string of the molecule is Cc1ccc(CSc2nnc(Cc3cccc4c3[nH]c3ccccc34)n2-c2ccccc2)cc1. The van der Waals surface area contributed by atoms with E-state index in [4.69, 9.17) is 0 Å². The molecule has 0 atom stereocenters. The Morgan fingerprint density at radius 1 is 0.765 bits per heavy atom. The van der Waals surface area contributed by atoms with Gasteiger partial charge in [-0.15, -0.1) is 10.2 Å². The second-order valence-corrected chi connectivity index (χ2v) is 9.47. The molecule has 0 aliphatic rings. The van der Waals surface area contributed by atoms with Crippen LogP contribution in [0.3, 0.4) is 0 Å². The number of para-hydroxylation sites is 3. The molecular weight excluding hydrogens is 436 g/mol. The molecule has 6 aromatic rings. The van der Waals surface area contributed by atoms with Crippen LogP contribution in [0.25, 0.3) is 27.5 Å². The number of rotatable bonds is 6. The van der Waals surface area contributed by atoms with Crippen LogP contribution in [0.2, 0.25) is 0 Å². The number of benzene rings is 4. The molecule has 0 saturated carbocycles. The zero-order valence-corrected chi connectivity index (χ0v) is 19.7. The number of thioether (sulfide) groups is 1. The average Bonchev–Trinajstić information content (AvgIpc) is 3.46. The quantitative estimate of drug-likeness (QED) is 0.270. The van der Waals surface area contributed by atoms with Gasteiger partial charge in [-0.1, -0.05) is 96.2 Å². The number of H-pyrrole nitrogens is 1. The lowest BCUT2D eigenvalue weighted by Crippen LogP contribution is -2.04. The molecule has 0 saturated heterocycles. The van der Waals surface area contributed by atoms with Crippen molar-refractivity contribution in [2.75, 3.05) is 0 Å². The van der Waals surface area contributed by atoms with E-state index < -0.39 is 0 Å².